The summed E-state index contributed by atoms with van der Waals surface area (Å²) in [5, 5.41) is 14.5. The van der Waals surface area contributed by atoms with E-state index in [0.717, 1.165) is 32.0 Å². The summed E-state index contributed by atoms with van der Waals surface area (Å²) in [6.07, 6.45) is 11.0. The molecule has 1 aliphatic carbocycles. The Morgan fingerprint density at radius 1 is 1.03 bits per heavy atom. The molecule has 5 heteroatoms. The van der Waals surface area contributed by atoms with Crippen molar-refractivity contribution in [3.8, 4) is 0 Å². The fourth-order valence-corrected chi connectivity index (χ4v) is 7.41. The average molecular weight is 495 g/mol. The van der Waals surface area contributed by atoms with E-state index >= 15 is 0 Å². The third-order valence-corrected chi connectivity index (χ3v) is 9.77. The quantitative estimate of drug-likeness (QED) is 0.407. The zero-order chi connectivity index (χ0) is 24.0. The Balaban J connectivity index is 1.13. The molecule has 2 aromatic rings. The molecule has 0 radical (unpaired) electrons. The van der Waals surface area contributed by atoms with Gasteiger partial charge in [0.2, 0.25) is 0 Å². The summed E-state index contributed by atoms with van der Waals surface area (Å²) in [5.74, 6) is 1.87. The predicted octanol–water partition coefficient (Wildman–Crippen LogP) is 6.14. The molecule has 3 unspecified atom stereocenters. The maximum atomic E-state index is 12.2. The molecule has 0 amide bonds. The second-order valence-electron chi connectivity index (χ2n) is 11.4. The highest BCUT2D eigenvalue weighted by atomic mass is 32.1. The molecule has 3 atom stereocenters. The van der Waals surface area contributed by atoms with Crippen LogP contribution in [0.5, 0.6) is 0 Å². The van der Waals surface area contributed by atoms with E-state index in [4.69, 9.17) is 0 Å². The maximum Gasteiger partial charge on any atom is 0.320 e. The average Bonchev–Trinajstić information content (AvgIpc) is 3.50. The highest BCUT2D eigenvalue weighted by Gasteiger charge is 2.41. The Bertz CT molecular complexity index is 906. The number of carboxylic acids is 1. The standard InChI is InChI=1S/C30H42N2O2S/c33-30(34)29(18-25-10-5-11-25)32-20-27(28(21-32)26-14-17-35-22-26)19-31-15-12-24(13-16-31)9-4-8-23-6-2-1-3-7-23/h1-3,6-7,14,17,22,24-25,27-29H,4-5,8-13,15-16,18-21H2,(H,33,34). The van der Waals surface area contributed by atoms with Crippen LogP contribution < -0.4 is 0 Å². The van der Waals surface area contributed by atoms with Gasteiger partial charge in [0.05, 0.1) is 0 Å². The number of thiophene rings is 1. The summed E-state index contributed by atoms with van der Waals surface area (Å²) in [5.41, 5.74) is 2.89. The van der Waals surface area contributed by atoms with E-state index in [-0.39, 0.29) is 6.04 Å². The molecule has 5 rings (SSSR count). The summed E-state index contributed by atoms with van der Waals surface area (Å²) in [4.78, 5) is 17.2. The van der Waals surface area contributed by atoms with E-state index in [1.807, 2.05) is 0 Å². The highest BCUT2D eigenvalue weighted by molar-refractivity contribution is 7.08. The third kappa shape index (κ3) is 6.55. The van der Waals surface area contributed by atoms with Gasteiger partial charge in [-0.25, -0.2) is 0 Å². The van der Waals surface area contributed by atoms with Gasteiger partial charge in [-0.1, -0.05) is 56.0 Å². The van der Waals surface area contributed by atoms with Crippen LogP contribution >= 0.6 is 11.3 Å². The number of hydrogen-bond donors (Lipinski definition) is 1. The van der Waals surface area contributed by atoms with Crippen LogP contribution in [0.15, 0.2) is 47.2 Å². The van der Waals surface area contributed by atoms with E-state index in [9.17, 15) is 9.90 Å². The third-order valence-electron chi connectivity index (χ3n) is 9.07. The van der Waals surface area contributed by atoms with Gasteiger partial charge < -0.3 is 10.0 Å². The molecule has 4 nitrogen and oxygen atoms in total. The van der Waals surface area contributed by atoms with Gasteiger partial charge >= 0.3 is 5.97 Å². The normalized spacial score (nSPS) is 25.5. The molecule has 1 saturated carbocycles. The molecule has 1 N–H and O–H groups in total. The van der Waals surface area contributed by atoms with Crippen LogP contribution in [0.1, 0.15) is 68.4 Å². The van der Waals surface area contributed by atoms with Gasteiger partial charge in [-0.15, -0.1) is 0 Å². The van der Waals surface area contributed by atoms with Crippen molar-refractivity contribution in [2.75, 3.05) is 32.7 Å². The zero-order valence-corrected chi connectivity index (χ0v) is 21.9. The largest absolute Gasteiger partial charge is 0.480 e. The Kier molecular flexibility index (Phi) is 8.59. The molecule has 35 heavy (non-hydrogen) atoms. The number of likely N-dealkylation sites (tertiary alicyclic amines) is 2. The van der Waals surface area contributed by atoms with Crippen LogP contribution in [0.25, 0.3) is 0 Å². The number of carbonyl (C=O) groups is 1. The minimum Gasteiger partial charge on any atom is -0.480 e. The van der Waals surface area contributed by atoms with Crippen molar-refractivity contribution in [2.45, 2.75) is 69.7 Å². The van der Waals surface area contributed by atoms with Gasteiger partial charge in [-0.05, 0) is 90.9 Å². The van der Waals surface area contributed by atoms with Gasteiger partial charge in [0.25, 0.3) is 0 Å². The second-order valence-corrected chi connectivity index (χ2v) is 12.2. The molecule has 2 aliphatic heterocycles. The molecular weight excluding hydrogens is 452 g/mol. The molecule has 2 saturated heterocycles. The number of carboxylic acid groups (broad SMARTS) is 1. The summed E-state index contributed by atoms with van der Waals surface area (Å²) in [7, 11) is 0. The van der Waals surface area contributed by atoms with Gasteiger partial charge in [-0.3, -0.25) is 9.69 Å². The van der Waals surface area contributed by atoms with Gasteiger partial charge in [0.1, 0.15) is 6.04 Å². The topological polar surface area (TPSA) is 43.8 Å². The van der Waals surface area contributed by atoms with Crippen molar-refractivity contribution in [3.05, 3.63) is 58.3 Å². The molecule has 190 valence electrons. The van der Waals surface area contributed by atoms with Gasteiger partial charge in [-0.2, -0.15) is 11.3 Å². The van der Waals surface area contributed by atoms with Crippen LogP contribution in [0, 0.1) is 17.8 Å². The van der Waals surface area contributed by atoms with Crippen molar-refractivity contribution < 1.29 is 9.90 Å². The minimum atomic E-state index is -0.613. The number of benzene rings is 1. The Hall–Kier alpha value is -1.69. The molecule has 0 bridgehead atoms. The first-order valence-corrected chi connectivity index (χ1v) is 14.8. The van der Waals surface area contributed by atoms with Crippen LogP contribution in [-0.2, 0) is 11.2 Å². The van der Waals surface area contributed by atoms with E-state index in [1.165, 1.54) is 75.6 Å². The van der Waals surface area contributed by atoms with Gasteiger partial charge in [0, 0.05) is 25.6 Å². The van der Waals surface area contributed by atoms with E-state index < -0.39 is 5.97 Å². The van der Waals surface area contributed by atoms with Crippen molar-refractivity contribution >= 4 is 17.3 Å². The van der Waals surface area contributed by atoms with Crippen molar-refractivity contribution in [3.63, 3.8) is 0 Å². The van der Waals surface area contributed by atoms with Crippen LogP contribution in [-0.4, -0.2) is 59.6 Å². The summed E-state index contributed by atoms with van der Waals surface area (Å²) >= 11 is 1.77. The number of aliphatic carboxylic acids is 1. The lowest BCUT2D eigenvalue weighted by Crippen LogP contribution is -2.43. The van der Waals surface area contributed by atoms with Crippen molar-refractivity contribution in [2.24, 2.45) is 17.8 Å². The fraction of sp³-hybridized carbons (Fsp3) is 0.633. The lowest BCUT2D eigenvalue weighted by molar-refractivity contribution is -0.144. The van der Waals surface area contributed by atoms with Crippen LogP contribution in [0.4, 0.5) is 0 Å². The highest BCUT2D eigenvalue weighted by Crippen LogP contribution is 2.39. The summed E-state index contributed by atoms with van der Waals surface area (Å²) < 4.78 is 0. The first kappa shape index (κ1) is 25.0. The molecular formula is C30H42N2O2S. The SMILES string of the molecule is O=C(O)C(CC1CCC1)N1CC(CN2CCC(CCCc3ccccc3)CC2)C(c2ccsc2)C1. The Morgan fingerprint density at radius 2 is 1.83 bits per heavy atom. The Labute approximate surface area is 215 Å². The first-order chi connectivity index (χ1) is 17.2. The predicted molar refractivity (Wildman–Crippen MR) is 144 cm³/mol. The summed E-state index contributed by atoms with van der Waals surface area (Å²) in [6, 6.07) is 12.9. The van der Waals surface area contributed by atoms with Crippen LogP contribution in [0.2, 0.25) is 0 Å². The second kappa shape index (κ2) is 12.0. The van der Waals surface area contributed by atoms with E-state index in [1.54, 1.807) is 11.3 Å². The maximum absolute atomic E-state index is 12.2. The monoisotopic (exact) mass is 494 g/mol. The molecule has 3 aliphatic rings. The number of nitrogens with zero attached hydrogens (tertiary/aromatic N) is 2. The molecule has 1 aromatic carbocycles. The zero-order valence-electron chi connectivity index (χ0n) is 21.1. The van der Waals surface area contributed by atoms with E-state index in [2.05, 4.69) is 57.0 Å². The number of hydrogen-bond acceptors (Lipinski definition) is 4. The molecule has 0 spiro atoms. The minimum absolute atomic E-state index is 0.304. The molecule has 3 fully saturated rings. The van der Waals surface area contributed by atoms with Crippen LogP contribution in [0.3, 0.4) is 0 Å². The summed E-state index contributed by atoms with van der Waals surface area (Å²) in [6.45, 7) is 5.35. The fourth-order valence-electron chi connectivity index (χ4n) is 6.69. The number of piperidine rings is 1. The Morgan fingerprint density at radius 3 is 2.49 bits per heavy atom. The van der Waals surface area contributed by atoms with Crippen molar-refractivity contribution in [1.82, 2.24) is 9.80 Å². The van der Waals surface area contributed by atoms with Crippen molar-refractivity contribution in [1.29, 1.82) is 0 Å². The molecule has 3 heterocycles. The first-order valence-electron chi connectivity index (χ1n) is 13.9. The lowest BCUT2D eigenvalue weighted by Gasteiger charge is -2.35. The molecule has 1 aromatic heterocycles. The number of rotatable bonds is 11. The smallest absolute Gasteiger partial charge is 0.320 e. The van der Waals surface area contributed by atoms with Gasteiger partial charge in [0.15, 0.2) is 0 Å². The lowest BCUT2D eigenvalue weighted by atomic mass is 9.80. The number of aryl methyl sites for hydroxylation is 1. The van der Waals surface area contributed by atoms with E-state index in [0.29, 0.717) is 17.8 Å².